The van der Waals surface area contributed by atoms with Crippen molar-refractivity contribution in [3.63, 3.8) is 0 Å². The third-order valence-corrected chi connectivity index (χ3v) is 3.82. The second-order valence-electron chi connectivity index (χ2n) is 4.31. The summed E-state index contributed by atoms with van der Waals surface area (Å²) in [5.41, 5.74) is 7.19. The van der Waals surface area contributed by atoms with Crippen molar-refractivity contribution in [3.8, 4) is 0 Å². The summed E-state index contributed by atoms with van der Waals surface area (Å²) < 4.78 is 0. The number of hydrogen-bond donors (Lipinski definition) is 2. The highest BCUT2D eigenvalue weighted by Gasteiger charge is 2.43. The highest BCUT2D eigenvalue weighted by atomic mass is 35.5. The maximum atomic E-state index is 9.20. The zero-order valence-corrected chi connectivity index (χ0v) is 9.37. The van der Waals surface area contributed by atoms with E-state index in [1.165, 1.54) is 12.0 Å². The van der Waals surface area contributed by atoms with Gasteiger partial charge < -0.3 is 10.8 Å². The molecule has 0 aliphatic heterocycles. The molecule has 1 aliphatic rings. The van der Waals surface area contributed by atoms with Gasteiger partial charge in [0.25, 0.3) is 0 Å². The van der Waals surface area contributed by atoms with E-state index in [0.717, 1.165) is 17.9 Å². The van der Waals surface area contributed by atoms with Crippen LogP contribution in [0.25, 0.3) is 0 Å². The van der Waals surface area contributed by atoms with Crippen LogP contribution in [0, 0.1) is 0 Å². The first-order valence-electron chi connectivity index (χ1n) is 5.31. The Morgan fingerprint density at radius 1 is 1.33 bits per heavy atom. The number of aliphatic hydroxyl groups is 1. The second-order valence-corrected chi connectivity index (χ2v) is 4.74. The quantitative estimate of drug-likeness (QED) is 0.828. The van der Waals surface area contributed by atoms with Crippen molar-refractivity contribution in [3.05, 3.63) is 34.9 Å². The maximum absolute atomic E-state index is 9.20. The Bertz CT molecular complexity index is 332. The van der Waals surface area contributed by atoms with Gasteiger partial charge in [0.2, 0.25) is 0 Å². The molecule has 0 spiro atoms. The fraction of sp³-hybridized carbons (Fsp3) is 0.500. The third kappa shape index (κ3) is 1.78. The smallest absolute Gasteiger partial charge is 0.0591 e. The molecule has 82 valence electrons. The number of hydrogen-bond acceptors (Lipinski definition) is 2. The Balaban J connectivity index is 2.30. The topological polar surface area (TPSA) is 46.2 Å². The molecule has 1 aromatic carbocycles. The minimum atomic E-state index is -0.160. The van der Waals surface area contributed by atoms with Gasteiger partial charge in [0.15, 0.2) is 0 Å². The zero-order chi connectivity index (χ0) is 10.9. The van der Waals surface area contributed by atoms with E-state index in [2.05, 4.69) is 0 Å². The second kappa shape index (κ2) is 4.12. The van der Waals surface area contributed by atoms with Crippen molar-refractivity contribution in [2.75, 3.05) is 6.61 Å². The van der Waals surface area contributed by atoms with Crippen LogP contribution in [0.3, 0.4) is 0 Å². The predicted molar refractivity (Wildman–Crippen MR) is 62.0 cm³/mol. The van der Waals surface area contributed by atoms with E-state index >= 15 is 0 Å². The summed E-state index contributed by atoms with van der Waals surface area (Å²) in [7, 11) is 0. The van der Waals surface area contributed by atoms with Crippen LogP contribution in [0.2, 0.25) is 5.02 Å². The van der Waals surface area contributed by atoms with E-state index in [9.17, 15) is 5.11 Å². The maximum Gasteiger partial charge on any atom is 0.0591 e. The molecule has 1 aliphatic carbocycles. The lowest BCUT2D eigenvalue weighted by Gasteiger charge is -2.46. The van der Waals surface area contributed by atoms with Crippen molar-refractivity contribution in [1.82, 2.24) is 0 Å². The first-order valence-corrected chi connectivity index (χ1v) is 5.69. The van der Waals surface area contributed by atoms with Gasteiger partial charge in [0.1, 0.15) is 0 Å². The van der Waals surface area contributed by atoms with Crippen LogP contribution in [0.5, 0.6) is 0 Å². The highest BCUT2D eigenvalue weighted by Crippen LogP contribution is 2.45. The van der Waals surface area contributed by atoms with Crippen molar-refractivity contribution < 1.29 is 5.11 Å². The molecule has 2 rings (SSSR count). The summed E-state index contributed by atoms with van der Waals surface area (Å²) in [5, 5.41) is 9.94. The molecule has 0 bridgehead atoms. The van der Waals surface area contributed by atoms with Crippen molar-refractivity contribution in [2.45, 2.75) is 30.7 Å². The highest BCUT2D eigenvalue weighted by molar-refractivity contribution is 6.30. The minimum absolute atomic E-state index is 0.0145. The lowest BCUT2D eigenvalue weighted by atomic mass is 9.60. The lowest BCUT2D eigenvalue weighted by molar-refractivity contribution is 0.136. The summed E-state index contributed by atoms with van der Waals surface area (Å²) in [6.07, 6.45) is 3.32. The van der Waals surface area contributed by atoms with E-state index in [0.29, 0.717) is 0 Å². The van der Waals surface area contributed by atoms with Crippen LogP contribution in [0.15, 0.2) is 24.3 Å². The van der Waals surface area contributed by atoms with Gasteiger partial charge in [0.05, 0.1) is 6.61 Å². The first-order chi connectivity index (χ1) is 7.19. The molecular weight excluding hydrogens is 210 g/mol. The third-order valence-electron chi connectivity index (χ3n) is 3.57. The van der Waals surface area contributed by atoms with Crippen LogP contribution < -0.4 is 5.73 Å². The van der Waals surface area contributed by atoms with Crippen molar-refractivity contribution in [2.24, 2.45) is 5.73 Å². The van der Waals surface area contributed by atoms with Crippen molar-refractivity contribution in [1.29, 1.82) is 0 Å². The number of halogens is 1. The molecule has 1 aromatic rings. The molecule has 1 atom stereocenters. The molecule has 0 amide bonds. The fourth-order valence-corrected chi connectivity index (χ4v) is 2.51. The predicted octanol–water partition coefficient (Wildman–Crippen LogP) is 2.08. The molecule has 0 heterocycles. The molecule has 0 saturated heterocycles. The summed E-state index contributed by atoms with van der Waals surface area (Å²) in [6, 6.07) is 7.67. The van der Waals surface area contributed by atoms with Crippen LogP contribution >= 0.6 is 11.6 Å². The molecular formula is C12H16ClNO. The van der Waals surface area contributed by atoms with E-state index in [1.54, 1.807) is 0 Å². The Morgan fingerprint density at radius 3 is 2.33 bits per heavy atom. The Morgan fingerprint density at radius 2 is 1.93 bits per heavy atom. The molecule has 1 fully saturated rings. The Labute approximate surface area is 95.1 Å². The van der Waals surface area contributed by atoms with Crippen LogP contribution in [-0.4, -0.2) is 17.8 Å². The number of nitrogens with two attached hydrogens (primary N) is 1. The van der Waals surface area contributed by atoms with Crippen LogP contribution in [0.4, 0.5) is 0 Å². The largest absolute Gasteiger partial charge is 0.395 e. The molecule has 0 unspecified atom stereocenters. The van der Waals surface area contributed by atoms with Gasteiger partial charge in [-0.1, -0.05) is 30.2 Å². The summed E-state index contributed by atoms with van der Waals surface area (Å²) >= 11 is 5.86. The van der Waals surface area contributed by atoms with E-state index in [-0.39, 0.29) is 18.1 Å². The van der Waals surface area contributed by atoms with Gasteiger partial charge in [0, 0.05) is 16.5 Å². The summed E-state index contributed by atoms with van der Waals surface area (Å²) in [6.45, 7) is 0.0443. The standard InChI is InChI=1S/C12H16ClNO/c13-10-4-2-9(3-5-10)12(6-1-7-12)11(14)8-15/h2-5,11,15H,1,6-8,14H2/t11-/m1/s1. The van der Waals surface area contributed by atoms with E-state index < -0.39 is 0 Å². The fourth-order valence-electron chi connectivity index (χ4n) is 2.39. The van der Waals surface area contributed by atoms with E-state index in [4.69, 9.17) is 17.3 Å². The van der Waals surface area contributed by atoms with Crippen LogP contribution in [-0.2, 0) is 5.41 Å². The Kier molecular flexibility index (Phi) is 3.01. The van der Waals surface area contributed by atoms with Crippen LogP contribution in [0.1, 0.15) is 24.8 Å². The van der Waals surface area contributed by atoms with Crippen molar-refractivity contribution >= 4 is 11.6 Å². The summed E-state index contributed by atoms with van der Waals surface area (Å²) in [4.78, 5) is 0. The molecule has 3 N–H and O–H groups in total. The minimum Gasteiger partial charge on any atom is -0.395 e. The average Bonchev–Trinajstić information content (AvgIpc) is 2.19. The zero-order valence-electron chi connectivity index (χ0n) is 8.62. The molecule has 0 radical (unpaired) electrons. The van der Waals surface area contributed by atoms with Gasteiger partial charge in [-0.3, -0.25) is 0 Å². The molecule has 0 aromatic heterocycles. The van der Waals surface area contributed by atoms with Gasteiger partial charge in [-0.05, 0) is 30.5 Å². The molecule has 1 saturated carbocycles. The molecule has 2 nitrogen and oxygen atoms in total. The summed E-state index contributed by atoms with van der Waals surface area (Å²) in [5.74, 6) is 0. The SMILES string of the molecule is N[C@H](CO)C1(c2ccc(Cl)cc2)CCC1. The Hall–Kier alpha value is -0.570. The van der Waals surface area contributed by atoms with E-state index in [1.807, 2.05) is 24.3 Å². The van der Waals surface area contributed by atoms with Gasteiger partial charge in [-0.2, -0.15) is 0 Å². The van der Waals surface area contributed by atoms with Gasteiger partial charge >= 0.3 is 0 Å². The molecule has 3 heteroatoms. The number of rotatable bonds is 3. The average molecular weight is 226 g/mol. The van der Waals surface area contributed by atoms with Gasteiger partial charge in [-0.25, -0.2) is 0 Å². The van der Waals surface area contributed by atoms with Gasteiger partial charge in [-0.15, -0.1) is 0 Å². The number of aliphatic hydroxyl groups excluding tert-OH is 1. The molecule has 15 heavy (non-hydrogen) atoms. The number of benzene rings is 1. The monoisotopic (exact) mass is 225 g/mol. The lowest BCUT2D eigenvalue weighted by Crippen LogP contribution is -2.52. The normalized spacial score (nSPS) is 20.7. The first kappa shape index (κ1) is 10.9.